The van der Waals surface area contributed by atoms with Crippen molar-refractivity contribution in [3.63, 3.8) is 0 Å². The van der Waals surface area contributed by atoms with Crippen molar-refractivity contribution in [2.45, 2.75) is 52.1 Å². The Labute approximate surface area is 192 Å². The Morgan fingerprint density at radius 1 is 1.14 bits per heavy atom. The highest BCUT2D eigenvalue weighted by atomic mass is 127. The van der Waals surface area contributed by atoms with Crippen molar-refractivity contribution in [2.75, 3.05) is 26.2 Å². The smallest absolute Gasteiger partial charge is 0.191 e. The molecule has 160 valence electrons. The first kappa shape index (κ1) is 23.7. The Morgan fingerprint density at radius 2 is 1.90 bits per heavy atom. The first-order chi connectivity index (χ1) is 13.6. The Bertz CT molecular complexity index is 750. The predicted octanol–water partition coefficient (Wildman–Crippen LogP) is 3.81. The SMILES string of the molecule is CCNC(=NCc1ccccc1-n1ccnc1)NCC(C)(C)N1CCCCC1.I. The molecule has 0 radical (unpaired) electrons. The lowest BCUT2D eigenvalue weighted by molar-refractivity contribution is 0.0982. The van der Waals surface area contributed by atoms with Crippen LogP contribution in [0.15, 0.2) is 48.0 Å². The van der Waals surface area contributed by atoms with Gasteiger partial charge < -0.3 is 15.2 Å². The maximum absolute atomic E-state index is 4.84. The number of hydrogen-bond acceptors (Lipinski definition) is 3. The van der Waals surface area contributed by atoms with E-state index < -0.39 is 0 Å². The van der Waals surface area contributed by atoms with Gasteiger partial charge >= 0.3 is 0 Å². The van der Waals surface area contributed by atoms with Gasteiger partial charge in [-0.25, -0.2) is 9.98 Å². The van der Waals surface area contributed by atoms with Gasteiger partial charge in [-0.2, -0.15) is 0 Å². The molecule has 0 aliphatic carbocycles. The minimum absolute atomic E-state index is 0. The molecule has 1 aliphatic heterocycles. The van der Waals surface area contributed by atoms with Crippen LogP contribution in [0.25, 0.3) is 5.69 Å². The number of guanidine groups is 1. The highest BCUT2D eigenvalue weighted by Gasteiger charge is 2.27. The van der Waals surface area contributed by atoms with E-state index in [0.717, 1.165) is 24.7 Å². The summed E-state index contributed by atoms with van der Waals surface area (Å²) >= 11 is 0. The molecule has 0 unspecified atom stereocenters. The van der Waals surface area contributed by atoms with E-state index in [2.05, 4.69) is 59.5 Å². The summed E-state index contributed by atoms with van der Waals surface area (Å²) in [4.78, 5) is 11.6. The van der Waals surface area contributed by atoms with Gasteiger partial charge in [-0.3, -0.25) is 4.90 Å². The summed E-state index contributed by atoms with van der Waals surface area (Å²) in [5.74, 6) is 0.869. The van der Waals surface area contributed by atoms with Gasteiger partial charge in [-0.05, 0) is 58.3 Å². The van der Waals surface area contributed by atoms with E-state index in [9.17, 15) is 0 Å². The van der Waals surface area contributed by atoms with Gasteiger partial charge in [-0.1, -0.05) is 24.6 Å². The topological polar surface area (TPSA) is 57.5 Å². The molecule has 1 fully saturated rings. The number of rotatable bonds is 7. The lowest BCUT2D eigenvalue weighted by Gasteiger charge is -2.41. The minimum atomic E-state index is 0. The predicted molar refractivity (Wildman–Crippen MR) is 131 cm³/mol. The standard InChI is InChI=1S/C22H34N6.HI/c1-4-24-21(26-17-22(2,3)28-13-8-5-9-14-28)25-16-19-10-6-7-11-20(19)27-15-12-23-18-27;/h6-7,10-12,15,18H,4-5,8-9,13-14,16-17H2,1-3H3,(H2,24,25,26);1H. The molecule has 2 N–H and O–H groups in total. The fourth-order valence-corrected chi connectivity index (χ4v) is 3.72. The molecule has 7 heteroatoms. The van der Waals surface area contributed by atoms with Crippen LogP contribution in [0, 0.1) is 0 Å². The van der Waals surface area contributed by atoms with Crippen molar-refractivity contribution in [3.8, 4) is 5.69 Å². The highest BCUT2D eigenvalue weighted by Crippen LogP contribution is 2.20. The third-order valence-corrected chi connectivity index (χ3v) is 5.43. The molecular weight excluding hydrogens is 475 g/mol. The fourth-order valence-electron chi connectivity index (χ4n) is 3.72. The number of aromatic nitrogens is 2. The third kappa shape index (κ3) is 6.70. The van der Waals surface area contributed by atoms with Gasteiger partial charge in [0.1, 0.15) is 0 Å². The second-order valence-corrected chi connectivity index (χ2v) is 8.01. The second-order valence-electron chi connectivity index (χ2n) is 8.01. The fraction of sp³-hybridized carbons (Fsp3) is 0.545. The first-order valence-corrected chi connectivity index (χ1v) is 10.4. The number of nitrogens with zero attached hydrogens (tertiary/aromatic N) is 4. The zero-order valence-electron chi connectivity index (χ0n) is 17.9. The van der Waals surface area contributed by atoms with Gasteiger partial charge in [0.2, 0.25) is 0 Å². The van der Waals surface area contributed by atoms with Crippen molar-refractivity contribution >= 4 is 29.9 Å². The van der Waals surface area contributed by atoms with Crippen molar-refractivity contribution < 1.29 is 0 Å². The molecule has 0 atom stereocenters. The quantitative estimate of drug-likeness (QED) is 0.338. The van der Waals surface area contributed by atoms with E-state index in [4.69, 9.17) is 4.99 Å². The zero-order valence-corrected chi connectivity index (χ0v) is 20.2. The van der Waals surface area contributed by atoms with E-state index in [-0.39, 0.29) is 29.5 Å². The Kier molecular flexibility index (Phi) is 9.42. The molecule has 1 saturated heterocycles. The molecule has 1 aliphatic rings. The molecular formula is C22H35IN6. The first-order valence-electron chi connectivity index (χ1n) is 10.4. The Hall–Kier alpha value is -1.61. The van der Waals surface area contributed by atoms with E-state index in [0.29, 0.717) is 6.54 Å². The third-order valence-electron chi connectivity index (χ3n) is 5.43. The summed E-state index contributed by atoms with van der Waals surface area (Å²) in [6, 6.07) is 8.34. The van der Waals surface area contributed by atoms with Crippen LogP contribution < -0.4 is 10.6 Å². The molecule has 0 bridgehead atoms. The number of piperidine rings is 1. The van der Waals surface area contributed by atoms with Crippen molar-refractivity contribution in [3.05, 3.63) is 48.5 Å². The van der Waals surface area contributed by atoms with Crippen molar-refractivity contribution in [2.24, 2.45) is 4.99 Å². The van der Waals surface area contributed by atoms with Crippen LogP contribution in [0.5, 0.6) is 0 Å². The van der Waals surface area contributed by atoms with Crippen LogP contribution in [-0.4, -0.2) is 52.1 Å². The summed E-state index contributed by atoms with van der Waals surface area (Å²) in [5, 5.41) is 6.94. The zero-order chi connectivity index (χ0) is 19.8. The van der Waals surface area contributed by atoms with E-state index >= 15 is 0 Å². The van der Waals surface area contributed by atoms with Crippen LogP contribution in [0.2, 0.25) is 0 Å². The largest absolute Gasteiger partial charge is 0.357 e. The number of likely N-dealkylation sites (tertiary alicyclic amines) is 1. The van der Waals surface area contributed by atoms with Crippen LogP contribution in [0.4, 0.5) is 0 Å². The number of aliphatic imine (C=N–C) groups is 1. The highest BCUT2D eigenvalue weighted by molar-refractivity contribution is 14.0. The second kappa shape index (κ2) is 11.5. The number of nitrogens with one attached hydrogen (secondary N) is 2. The molecule has 29 heavy (non-hydrogen) atoms. The van der Waals surface area contributed by atoms with Crippen LogP contribution in [0.3, 0.4) is 0 Å². The van der Waals surface area contributed by atoms with Crippen LogP contribution >= 0.6 is 24.0 Å². The molecule has 0 spiro atoms. The molecule has 6 nitrogen and oxygen atoms in total. The van der Waals surface area contributed by atoms with Crippen molar-refractivity contribution in [1.82, 2.24) is 25.1 Å². The minimum Gasteiger partial charge on any atom is -0.357 e. The molecule has 3 rings (SSSR count). The Morgan fingerprint density at radius 3 is 2.59 bits per heavy atom. The van der Waals surface area contributed by atoms with Gasteiger partial charge in [0.15, 0.2) is 5.96 Å². The van der Waals surface area contributed by atoms with Gasteiger partial charge in [-0.15, -0.1) is 24.0 Å². The van der Waals surface area contributed by atoms with E-state index in [1.165, 1.54) is 37.9 Å². The van der Waals surface area contributed by atoms with Gasteiger partial charge in [0.05, 0.1) is 18.6 Å². The number of imidazole rings is 1. The number of hydrogen-bond donors (Lipinski definition) is 2. The number of para-hydroxylation sites is 1. The number of halogens is 1. The molecule has 0 saturated carbocycles. The molecule has 1 aromatic carbocycles. The summed E-state index contributed by atoms with van der Waals surface area (Å²) in [7, 11) is 0. The summed E-state index contributed by atoms with van der Waals surface area (Å²) in [5.41, 5.74) is 2.41. The summed E-state index contributed by atoms with van der Waals surface area (Å²) in [6.45, 7) is 11.5. The van der Waals surface area contributed by atoms with Crippen LogP contribution in [0.1, 0.15) is 45.6 Å². The maximum atomic E-state index is 4.84. The molecule has 0 amide bonds. The average Bonchev–Trinajstić information content (AvgIpc) is 3.26. The van der Waals surface area contributed by atoms with Gasteiger partial charge in [0.25, 0.3) is 0 Å². The molecule has 2 heterocycles. The maximum Gasteiger partial charge on any atom is 0.191 e. The van der Waals surface area contributed by atoms with E-state index in [1.54, 1.807) is 6.20 Å². The molecule has 2 aromatic rings. The number of benzene rings is 1. The molecule has 1 aromatic heterocycles. The Balaban J connectivity index is 0.00000300. The lowest BCUT2D eigenvalue weighted by atomic mass is 9.98. The van der Waals surface area contributed by atoms with Crippen LogP contribution in [-0.2, 0) is 6.54 Å². The van der Waals surface area contributed by atoms with E-state index in [1.807, 2.05) is 23.2 Å². The average molecular weight is 510 g/mol. The monoisotopic (exact) mass is 510 g/mol. The van der Waals surface area contributed by atoms with Gasteiger partial charge in [0, 0.05) is 31.0 Å². The van der Waals surface area contributed by atoms with Crippen molar-refractivity contribution in [1.29, 1.82) is 0 Å². The summed E-state index contributed by atoms with van der Waals surface area (Å²) in [6.07, 6.45) is 9.57. The summed E-state index contributed by atoms with van der Waals surface area (Å²) < 4.78 is 2.03. The lowest BCUT2D eigenvalue weighted by Crippen LogP contribution is -2.54. The normalized spacial score (nSPS) is 15.6.